The van der Waals surface area contributed by atoms with E-state index < -0.39 is 0 Å². The molecular formula is C24H25BN2O. The fourth-order valence-corrected chi connectivity index (χ4v) is 4.13. The SMILES string of the molecule is CC1(C)NB(c2ccc3c(c2)c2ccccc2n3-c2ccccc2)OC1(C)C. The molecule has 0 radical (unpaired) electrons. The third-order valence-corrected chi connectivity index (χ3v) is 6.42. The summed E-state index contributed by atoms with van der Waals surface area (Å²) in [5.74, 6) is 0. The van der Waals surface area contributed by atoms with Crippen LogP contribution in [0, 0.1) is 0 Å². The minimum Gasteiger partial charge on any atom is -0.411 e. The molecule has 1 fully saturated rings. The van der Waals surface area contributed by atoms with E-state index in [1.807, 2.05) is 0 Å². The Morgan fingerprint density at radius 2 is 1.46 bits per heavy atom. The molecule has 140 valence electrons. The molecule has 1 aliphatic heterocycles. The Bertz CT molecular complexity index is 1160. The van der Waals surface area contributed by atoms with Gasteiger partial charge in [-0.15, -0.1) is 0 Å². The van der Waals surface area contributed by atoms with Gasteiger partial charge in [0, 0.05) is 22.0 Å². The van der Waals surface area contributed by atoms with Crippen molar-refractivity contribution in [2.45, 2.75) is 38.8 Å². The van der Waals surface area contributed by atoms with E-state index in [0.717, 1.165) is 0 Å². The third-order valence-electron chi connectivity index (χ3n) is 6.42. The van der Waals surface area contributed by atoms with Crippen molar-refractivity contribution >= 4 is 34.3 Å². The van der Waals surface area contributed by atoms with E-state index in [0.29, 0.717) is 0 Å². The van der Waals surface area contributed by atoms with E-state index in [2.05, 4.69) is 110 Å². The van der Waals surface area contributed by atoms with Crippen LogP contribution >= 0.6 is 0 Å². The second kappa shape index (κ2) is 5.97. The summed E-state index contributed by atoms with van der Waals surface area (Å²) in [6.07, 6.45) is 0. The van der Waals surface area contributed by atoms with Crippen molar-refractivity contribution in [2.24, 2.45) is 0 Å². The molecule has 0 bridgehead atoms. The molecule has 2 heterocycles. The lowest BCUT2D eigenvalue weighted by atomic mass is 9.73. The van der Waals surface area contributed by atoms with Gasteiger partial charge in [-0.2, -0.15) is 0 Å². The van der Waals surface area contributed by atoms with Gasteiger partial charge in [0.15, 0.2) is 0 Å². The minimum atomic E-state index is -0.231. The minimum absolute atomic E-state index is 0.0926. The maximum Gasteiger partial charge on any atom is 0.416 e. The van der Waals surface area contributed by atoms with Gasteiger partial charge in [-0.25, -0.2) is 0 Å². The van der Waals surface area contributed by atoms with Gasteiger partial charge in [-0.05, 0) is 57.4 Å². The Hall–Kier alpha value is -2.56. The van der Waals surface area contributed by atoms with E-state index in [1.54, 1.807) is 0 Å². The van der Waals surface area contributed by atoms with Gasteiger partial charge in [0.25, 0.3) is 0 Å². The molecule has 3 nitrogen and oxygen atoms in total. The van der Waals surface area contributed by atoms with Crippen LogP contribution in [0.15, 0.2) is 72.8 Å². The molecule has 4 aromatic rings. The third kappa shape index (κ3) is 2.52. The van der Waals surface area contributed by atoms with E-state index in [9.17, 15) is 0 Å². The number of hydrogen-bond donors (Lipinski definition) is 1. The lowest BCUT2D eigenvalue weighted by molar-refractivity contribution is 0.0750. The summed E-state index contributed by atoms with van der Waals surface area (Å²) in [5.41, 5.74) is 4.46. The molecule has 0 unspecified atom stereocenters. The van der Waals surface area contributed by atoms with Crippen LogP contribution in [0.1, 0.15) is 27.7 Å². The topological polar surface area (TPSA) is 26.2 Å². The van der Waals surface area contributed by atoms with E-state index in [4.69, 9.17) is 4.65 Å². The number of nitrogens with one attached hydrogen (secondary N) is 1. The van der Waals surface area contributed by atoms with E-state index >= 15 is 0 Å². The van der Waals surface area contributed by atoms with Crippen molar-refractivity contribution in [3.05, 3.63) is 72.8 Å². The average Bonchev–Trinajstić information content (AvgIpc) is 3.12. The first kappa shape index (κ1) is 17.5. The normalized spacial score (nSPS) is 18.2. The van der Waals surface area contributed by atoms with Gasteiger partial charge in [0.05, 0.1) is 16.6 Å². The molecule has 0 aliphatic carbocycles. The molecule has 28 heavy (non-hydrogen) atoms. The van der Waals surface area contributed by atoms with Gasteiger partial charge in [-0.3, -0.25) is 0 Å². The smallest absolute Gasteiger partial charge is 0.411 e. The fraction of sp³-hybridized carbons (Fsp3) is 0.250. The number of nitrogens with zero attached hydrogens (tertiary/aromatic N) is 1. The highest BCUT2D eigenvalue weighted by Crippen LogP contribution is 2.34. The first-order valence-corrected chi connectivity index (χ1v) is 9.91. The summed E-state index contributed by atoms with van der Waals surface area (Å²) in [6, 6.07) is 25.9. The van der Waals surface area contributed by atoms with Gasteiger partial charge in [-0.1, -0.05) is 48.5 Å². The van der Waals surface area contributed by atoms with Crippen molar-refractivity contribution in [3.63, 3.8) is 0 Å². The standard InChI is InChI=1S/C24H25BN2O/c1-23(2)24(3,4)28-25(26-23)17-14-15-22-20(16-17)19-12-8-9-13-21(19)27(22)18-10-6-5-7-11-18/h5-16,26H,1-4H3. The van der Waals surface area contributed by atoms with Crippen molar-refractivity contribution in [1.82, 2.24) is 9.79 Å². The highest BCUT2D eigenvalue weighted by atomic mass is 16.5. The maximum absolute atomic E-state index is 6.38. The summed E-state index contributed by atoms with van der Waals surface area (Å²) in [7, 11) is -0.103. The molecule has 0 atom stereocenters. The molecule has 0 amide bonds. The van der Waals surface area contributed by atoms with Crippen LogP contribution in [0.3, 0.4) is 0 Å². The Morgan fingerprint density at radius 1 is 0.786 bits per heavy atom. The molecule has 0 spiro atoms. The summed E-state index contributed by atoms with van der Waals surface area (Å²) < 4.78 is 8.72. The summed E-state index contributed by atoms with van der Waals surface area (Å²) in [4.78, 5) is 0. The summed E-state index contributed by atoms with van der Waals surface area (Å²) in [6.45, 7) is 8.71. The van der Waals surface area contributed by atoms with Gasteiger partial charge >= 0.3 is 7.05 Å². The molecule has 3 aromatic carbocycles. The Kier molecular flexibility index (Phi) is 3.74. The second-order valence-electron chi connectivity index (χ2n) is 8.74. The predicted molar refractivity (Wildman–Crippen MR) is 119 cm³/mol. The summed E-state index contributed by atoms with van der Waals surface area (Å²) >= 11 is 0. The largest absolute Gasteiger partial charge is 0.416 e. The van der Waals surface area contributed by atoms with Gasteiger partial charge in [0.1, 0.15) is 0 Å². The zero-order chi connectivity index (χ0) is 19.5. The van der Waals surface area contributed by atoms with Gasteiger partial charge in [0.2, 0.25) is 0 Å². The average molecular weight is 368 g/mol. The molecule has 0 saturated carbocycles. The molecule has 5 rings (SSSR count). The highest BCUT2D eigenvalue weighted by molar-refractivity contribution is 6.66. The van der Waals surface area contributed by atoms with Crippen LogP contribution in [0.25, 0.3) is 27.5 Å². The molecule has 1 N–H and O–H groups in total. The van der Waals surface area contributed by atoms with Crippen LogP contribution in [0.5, 0.6) is 0 Å². The zero-order valence-corrected chi connectivity index (χ0v) is 16.9. The van der Waals surface area contributed by atoms with E-state index in [1.165, 1.54) is 33.0 Å². The molecule has 4 heteroatoms. The van der Waals surface area contributed by atoms with Crippen molar-refractivity contribution in [1.29, 1.82) is 0 Å². The molecule has 1 saturated heterocycles. The summed E-state index contributed by atoms with van der Waals surface area (Å²) in [5, 5.41) is 6.18. The van der Waals surface area contributed by atoms with Crippen LogP contribution in [0.4, 0.5) is 0 Å². The van der Waals surface area contributed by atoms with Crippen LogP contribution < -0.4 is 10.7 Å². The fourth-order valence-electron chi connectivity index (χ4n) is 4.13. The van der Waals surface area contributed by atoms with Crippen LogP contribution in [0.2, 0.25) is 0 Å². The lowest BCUT2D eigenvalue weighted by Crippen LogP contribution is -2.51. The number of benzene rings is 3. The predicted octanol–water partition coefficient (Wildman–Crippen LogP) is 4.66. The highest BCUT2D eigenvalue weighted by Gasteiger charge is 2.49. The maximum atomic E-state index is 6.38. The number of rotatable bonds is 2. The quantitative estimate of drug-likeness (QED) is 0.521. The van der Waals surface area contributed by atoms with Crippen molar-refractivity contribution < 1.29 is 4.65 Å². The number of fused-ring (bicyclic) bond motifs is 3. The second-order valence-corrected chi connectivity index (χ2v) is 8.74. The molecule has 1 aromatic heterocycles. The van der Waals surface area contributed by atoms with Crippen molar-refractivity contribution in [2.75, 3.05) is 0 Å². The Balaban J connectivity index is 1.71. The Labute approximate surface area is 166 Å². The first-order chi connectivity index (χ1) is 13.4. The number of para-hydroxylation sites is 2. The van der Waals surface area contributed by atoms with Gasteiger partial charge < -0.3 is 14.4 Å². The van der Waals surface area contributed by atoms with E-state index in [-0.39, 0.29) is 18.2 Å². The van der Waals surface area contributed by atoms with Crippen LogP contribution in [-0.4, -0.2) is 22.8 Å². The molecule has 1 aliphatic rings. The van der Waals surface area contributed by atoms with Crippen LogP contribution in [-0.2, 0) is 4.65 Å². The lowest BCUT2D eigenvalue weighted by Gasteiger charge is -2.33. The zero-order valence-electron chi connectivity index (χ0n) is 16.9. The van der Waals surface area contributed by atoms with Crippen molar-refractivity contribution in [3.8, 4) is 5.69 Å². The Morgan fingerprint density at radius 3 is 2.18 bits per heavy atom. The number of hydrogen-bond acceptors (Lipinski definition) is 2. The number of aromatic nitrogens is 1. The first-order valence-electron chi connectivity index (χ1n) is 9.91. The monoisotopic (exact) mass is 368 g/mol. The molecular weight excluding hydrogens is 343 g/mol.